The molecule has 18 heavy (non-hydrogen) atoms. The largest absolute Gasteiger partial charge is 0.354 e. The number of nitrogens with one attached hydrogen (secondary N) is 1. The van der Waals surface area contributed by atoms with Crippen LogP contribution in [0, 0.1) is 6.92 Å². The van der Waals surface area contributed by atoms with E-state index in [2.05, 4.69) is 62.2 Å². The molecule has 0 aliphatic heterocycles. The Morgan fingerprint density at radius 2 is 1.89 bits per heavy atom. The summed E-state index contributed by atoms with van der Waals surface area (Å²) in [5.74, 6) is 0.607. The number of aromatic nitrogens is 1. The number of aromatic amines is 1. The van der Waals surface area contributed by atoms with Crippen LogP contribution in [0.4, 0.5) is 0 Å². The van der Waals surface area contributed by atoms with Crippen molar-refractivity contribution < 1.29 is 0 Å². The van der Waals surface area contributed by atoms with Crippen LogP contribution < -0.4 is 0 Å². The second kappa shape index (κ2) is 4.29. The first-order chi connectivity index (χ1) is 8.63. The highest BCUT2D eigenvalue weighted by molar-refractivity contribution is 7.15. The number of fused-ring (bicyclic) bond motifs is 1. The Balaban J connectivity index is 2.07. The lowest BCUT2D eigenvalue weighted by molar-refractivity contribution is 0.890. The molecule has 2 heteroatoms. The van der Waals surface area contributed by atoms with Crippen molar-refractivity contribution in [2.45, 2.75) is 26.7 Å². The van der Waals surface area contributed by atoms with E-state index in [0.29, 0.717) is 5.92 Å². The van der Waals surface area contributed by atoms with E-state index in [1.165, 1.54) is 31.9 Å². The Labute approximate surface area is 111 Å². The summed E-state index contributed by atoms with van der Waals surface area (Å²) in [6, 6.07) is 13.2. The SMILES string of the molecule is Cc1ccc2cc(-c3ccc(C(C)C)s3)[nH]c2c1. The molecular formula is C16H17NS. The molecule has 2 aromatic heterocycles. The molecule has 0 bridgehead atoms. The van der Waals surface area contributed by atoms with Crippen molar-refractivity contribution in [3.8, 4) is 10.6 Å². The third-order valence-electron chi connectivity index (χ3n) is 3.24. The van der Waals surface area contributed by atoms with Gasteiger partial charge in [-0.15, -0.1) is 11.3 Å². The minimum Gasteiger partial charge on any atom is -0.354 e. The van der Waals surface area contributed by atoms with Gasteiger partial charge in [0.2, 0.25) is 0 Å². The smallest absolute Gasteiger partial charge is 0.0566 e. The lowest BCUT2D eigenvalue weighted by Crippen LogP contribution is -1.77. The Hall–Kier alpha value is -1.54. The van der Waals surface area contributed by atoms with Crippen molar-refractivity contribution in [3.63, 3.8) is 0 Å². The van der Waals surface area contributed by atoms with Crippen LogP contribution in [0.2, 0.25) is 0 Å². The van der Waals surface area contributed by atoms with Crippen molar-refractivity contribution in [1.82, 2.24) is 4.98 Å². The fraction of sp³-hybridized carbons (Fsp3) is 0.250. The monoisotopic (exact) mass is 255 g/mol. The standard InChI is InChI=1S/C16H17NS/c1-10(2)15-6-7-16(18-15)14-9-12-5-4-11(3)8-13(12)17-14/h4-10,17H,1-3H3. The third kappa shape index (κ3) is 1.97. The fourth-order valence-corrected chi connectivity index (χ4v) is 3.16. The molecule has 0 spiro atoms. The molecule has 0 radical (unpaired) electrons. The maximum atomic E-state index is 3.52. The number of thiophene rings is 1. The highest BCUT2D eigenvalue weighted by atomic mass is 32.1. The lowest BCUT2D eigenvalue weighted by Gasteiger charge is -1.97. The molecule has 0 aliphatic rings. The van der Waals surface area contributed by atoms with Crippen LogP contribution in [0.25, 0.3) is 21.5 Å². The summed E-state index contributed by atoms with van der Waals surface area (Å²) in [5.41, 5.74) is 3.75. The third-order valence-corrected chi connectivity index (χ3v) is 4.66. The van der Waals surface area contributed by atoms with E-state index in [1.807, 2.05) is 11.3 Å². The van der Waals surface area contributed by atoms with Crippen molar-refractivity contribution in [2.24, 2.45) is 0 Å². The van der Waals surface area contributed by atoms with E-state index in [9.17, 15) is 0 Å². The number of hydrogen-bond acceptors (Lipinski definition) is 1. The second-order valence-electron chi connectivity index (χ2n) is 5.13. The van der Waals surface area contributed by atoms with Gasteiger partial charge >= 0.3 is 0 Å². The van der Waals surface area contributed by atoms with Gasteiger partial charge in [0.25, 0.3) is 0 Å². The van der Waals surface area contributed by atoms with Crippen molar-refractivity contribution in [1.29, 1.82) is 0 Å². The molecule has 2 heterocycles. The highest BCUT2D eigenvalue weighted by Gasteiger charge is 2.08. The molecule has 1 aromatic carbocycles. The minimum atomic E-state index is 0.607. The molecule has 92 valence electrons. The van der Waals surface area contributed by atoms with Gasteiger partial charge in [-0.25, -0.2) is 0 Å². The van der Waals surface area contributed by atoms with E-state index in [-0.39, 0.29) is 0 Å². The summed E-state index contributed by atoms with van der Waals surface area (Å²) in [7, 11) is 0. The van der Waals surface area contributed by atoms with Gasteiger partial charge in [-0.2, -0.15) is 0 Å². The topological polar surface area (TPSA) is 15.8 Å². The molecule has 1 nitrogen and oxygen atoms in total. The molecule has 3 aromatic rings. The van der Waals surface area contributed by atoms with Gasteiger partial charge in [0.05, 0.1) is 10.6 Å². The number of hydrogen-bond donors (Lipinski definition) is 1. The van der Waals surface area contributed by atoms with E-state index in [1.54, 1.807) is 0 Å². The van der Waals surface area contributed by atoms with Crippen LogP contribution in [0.5, 0.6) is 0 Å². The zero-order valence-electron chi connectivity index (χ0n) is 10.9. The van der Waals surface area contributed by atoms with E-state index < -0.39 is 0 Å². The summed E-state index contributed by atoms with van der Waals surface area (Å²) >= 11 is 1.88. The molecule has 0 amide bonds. The van der Waals surface area contributed by atoms with E-state index >= 15 is 0 Å². The van der Waals surface area contributed by atoms with E-state index in [4.69, 9.17) is 0 Å². The minimum absolute atomic E-state index is 0.607. The highest BCUT2D eigenvalue weighted by Crippen LogP contribution is 2.33. The van der Waals surface area contributed by atoms with Gasteiger partial charge in [0, 0.05) is 15.8 Å². The zero-order chi connectivity index (χ0) is 12.7. The molecule has 1 N–H and O–H groups in total. The summed E-state index contributed by atoms with van der Waals surface area (Å²) in [5, 5.41) is 1.29. The molecule has 0 fully saturated rings. The first-order valence-corrected chi connectivity index (χ1v) is 7.14. The van der Waals surface area contributed by atoms with Gasteiger partial charge in [0.1, 0.15) is 0 Å². The van der Waals surface area contributed by atoms with E-state index in [0.717, 1.165) is 0 Å². The van der Waals surface area contributed by atoms with Gasteiger partial charge in [0.15, 0.2) is 0 Å². The zero-order valence-corrected chi connectivity index (χ0v) is 11.8. The predicted molar refractivity (Wildman–Crippen MR) is 80.4 cm³/mol. The van der Waals surface area contributed by atoms with Crippen LogP contribution in [0.1, 0.15) is 30.2 Å². The maximum absolute atomic E-state index is 3.52. The molecule has 0 unspecified atom stereocenters. The first kappa shape index (κ1) is 11.5. The Bertz CT molecular complexity index is 688. The average Bonchev–Trinajstić information content (AvgIpc) is 2.93. The number of rotatable bonds is 2. The summed E-state index contributed by atoms with van der Waals surface area (Å²) in [4.78, 5) is 6.29. The maximum Gasteiger partial charge on any atom is 0.0566 e. The average molecular weight is 255 g/mol. The second-order valence-corrected chi connectivity index (χ2v) is 6.25. The molecule has 0 atom stereocenters. The first-order valence-electron chi connectivity index (χ1n) is 6.33. The van der Waals surface area contributed by atoms with Gasteiger partial charge in [-0.3, -0.25) is 0 Å². The van der Waals surface area contributed by atoms with Crippen LogP contribution in [0.3, 0.4) is 0 Å². The van der Waals surface area contributed by atoms with Gasteiger partial charge < -0.3 is 4.98 Å². The number of H-pyrrole nitrogens is 1. The molecule has 3 rings (SSSR count). The Morgan fingerprint density at radius 3 is 2.61 bits per heavy atom. The number of aryl methyl sites for hydroxylation is 1. The Kier molecular flexibility index (Phi) is 2.75. The van der Waals surface area contributed by atoms with Crippen LogP contribution in [-0.2, 0) is 0 Å². The van der Waals surface area contributed by atoms with Crippen LogP contribution in [-0.4, -0.2) is 4.98 Å². The van der Waals surface area contributed by atoms with Crippen LogP contribution in [0.15, 0.2) is 36.4 Å². The molecular weight excluding hydrogens is 238 g/mol. The Morgan fingerprint density at radius 1 is 1.06 bits per heavy atom. The van der Waals surface area contributed by atoms with Crippen molar-refractivity contribution in [2.75, 3.05) is 0 Å². The predicted octanol–water partition coefficient (Wildman–Crippen LogP) is 5.33. The number of benzene rings is 1. The lowest BCUT2D eigenvalue weighted by atomic mass is 10.2. The fourth-order valence-electron chi connectivity index (χ4n) is 2.18. The van der Waals surface area contributed by atoms with Crippen molar-refractivity contribution >= 4 is 22.2 Å². The quantitative estimate of drug-likeness (QED) is 0.637. The van der Waals surface area contributed by atoms with Crippen LogP contribution >= 0.6 is 11.3 Å². The van der Waals surface area contributed by atoms with Crippen molar-refractivity contribution in [3.05, 3.63) is 46.8 Å². The summed E-state index contributed by atoms with van der Waals surface area (Å²) in [6.07, 6.45) is 0. The summed E-state index contributed by atoms with van der Waals surface area (Å²) < 4.78 is 0. The normalized spacial score (nSPS) is 11.6. The van der Waals surface area contributed by atoms with Gasteiger partial charge in [-0.05, 0) is 42.7 Å². The molecule has 0 saturated carbocycles. The molecule has 0 aliphatic carbocycles. The summed E-state index contributed by atoms with van der Waals surface area (Å²) in [6.45, 7) is 6.61. The van der Waals surface area contributed by atoms with Gasteiger partial charge in [-0.1, -0.05) is 26.0 Å². The molecule has 0 saturated heterocycles.